The first-order valence-corrected chi connectivity index (χ1v) is 6.47. The molecule has 0 aliphatic heterocycles. The zero-order valence-corrected chi connectivity index (χ0v) is 10.9. The van der Waals surface area contributed by atoms with E-state index in [0.717, 1.165) is 23.3 Å². The van der Waals surface area contributed by atoms with Crippen molar-refractivity contribution in [3.8, 4) is 0 Å². The van der Waals surface area contributed by atoms with E-state index >= 15 is 0 Å². The lowest BCUT2D eigenvalue weighted by Gasteiger charge is -2.07. The van der Waals surface area contributed by atoms with Crippen molar-refractivity contribution in [1.82, 2.24) is 9.97 Å². The fraction of sp³-hybridized carbons (Fsp3) is 0.200. The van der Waals surface area contributed by atoms with Gasteiger partial charge in [0.2, 0.25) is 0 Å². The number of thiophene rings is 1. The highest BCUT2D eigenvalue weighted by Crippen LogP contribution is 2.23. The van der Waals surface area contributed by atoms with E-state index in [2.05, 4.69) is 48.7 Å². The van der Waals surface area contributed by atoms with Crippen molar-refractivity contribution in [2.45, 2.75) is 6.42 Å². The maximum Gasteiger partial charge on any atom is 0.145 e. The van der Waals surface area contributed by atoms with Gasteiger partial charge in [-0.1, -0.05) is 6.07 Å². The van der Waals surface area contributed by atoms with Gasteiger partial charge in [-0.05, 0) is 33.8 Å². The zero-order chi connectivity index (χ0) is 11.4. The van der Waals surface area contributed by atoms with E-state index in [1.165, 1.54) is 11.2 Å². The average Bonchev–Trinajstić information content (AvgIpc) is 2.77. The first-order valence-electron chi connectivity index (χ1n) is 4.79. The largest absolute Gasteiger partial charge is 0.383 e. The fourth-order valence-corrected chi connectivity index (χ4v) is 2.32. The quantitative estimate of drug-likeness (QED) is 0.910. The maximum absolute atomic E-state index is 5.65. The van der Waals surface area contributed by atoms with Crippen LogP contribution < -0.4 is 11.1 Å². The topological polar surface area (TPSA) is 63.8 Å². The molecule has 0 aliphatic rings. The molecule has 4 nitrogen and oxygen atoms in total. The van der Waals surface area contributed by atoms with Crippen LogP contribution in [0.3, 0.4) is 0 Å². The molecule has 2 rings (SSSR count). The van der Waals surface area contributed by atoms with Crippen LogP contribution in [-0.2, 0) is 6.42 Å². The molecular weight excluding hydrogens is 288 g/mol. The number of hydrogen-bond donors (Lipinski definition) is 2. The lowest BCUT2D eigenvalue weighted by atomic mass is 10.3. The standard InChI is InChI=1S/C10H11BrN4S/c11-8-9(12)14-6-15-10(8)13-4-3-7-2-1-5-16-7/h1-2,5-6H,3-4H2,(H3,12,13,14,15). The third-order valence-corrected chi connectivity index (χ3v) is 3.78. The molecule has 0 atom stereocenters. The number of nitrogens with two attached hydrogens (primary N) is 1. The Balaban J connectivity index is 1.92. The normalized spacial score (nSPS) is 10.3. The molecule has 2 aromatic rings. The third kappa shape index (κ3) is 2.70. The van der Waals surface area contributed by atoms with Crippen LogP contribution in [-0.4, -0.2) is 16.5 Å². The molecule has 6 heteroatoms. The Labute approximate surface area is 106 Å². The Hall–Kier alpha value is -1.14. The van der Waals surface area contributed by atoms with Crippen LogP contribution in [0.15, 0.2) is 28.3 Å². The van der Waals surface area contributed by atoms with E-state index in [4.69, 9.17) is 5.73 Å². The van der Waals surface area contributed by atoms with Gasteiger partial charge in [0.1, 0.15) is 22.4 Å². The van der Waals surface area contributed by atoms with Gasteiger partial charge in [-0.15, -0.1) is 11.3 Å². The number of rotatable bonds is 4. The minimum absolute atomic E-state index is 0.452. The molecule has 0 aromatic carbocycles. The summed E-state index contributed by atoms with van der Waals surface area (Å²) >= 11 is 5.11. The molecule has 0 spiro atoms. The predicted octanol–water partition coefficient (Wildman–Crippen LogP) is 2.54. The summed E-state index contributed by atoms with van der Waals surface area (Å²) in [5, 5.41) is 5.30. The van der Waals surface area contributed by atoms with E-state index in [-0.39, 0.29) is 0 Å². The average molecular weight is 299 g/mol. The number of nitrogens with zero attached hydrogens (tertiary/aromatic N) is 2. The summed E-state index contributed by atoms with van der Waals surface area (Å²) in [5.74, 6) is 1.19. The number of nitrogens with one attached hydrogen (secondary N) is 1. The van der Waals surface area contributed by atoms with Gasteiger partial charge in [-0.2, -0.15) is 0 Å². The van der Waals surface area contributed by atoms with Crippen molar-refractivity contribution in [2.75, 3.05) is 17.6 Å². The van der Waals surface area contributed by atoms with Crippen LogP contribution >= 0.6 is 27.3 Å². The molecule has 16 heavy (non-hydrogen) atoms. The van der Waals surface area contributed by atoms with Crippen molar-refractivity contribution in [1.29, 1.82) is 0 Å². The van der Waals surface area contributed by atoms with E-state index in [1.54, 1.807) is 11.3 Å². The Kier molecular flexibility index (Phi) is 3.74. The second-order valence-corrected chi connectivity index (χ2v) is 5.00. The van der Waals surface area contributed by atoms with E-state index < -0.39 is 0 Å². The Morgan fingerprint density at radius 1 is 1.44 bits per heavy atom. The molecule has 0 unspecified atom stereocenters. The molecule has 0 amide bonds. The van der Waals surface area contributed by atoms with E-state index in [0.29, 0.717) is 5.82 Å². The molecule has 2 heterocycles. The molecule has 0 radical (unpaired) electrons. The monoisotopic (exact) mass is 298 g/mol. The van der Waals surface area contributed by atoms with Crippen LogP contribution in [0.4, 0.5) is 11.6 Å². The molecular formula is C10H11BrN4S. The van der Waals surface area contributed by atoms with Gasteiger partial charge in [0, 0.05) is 11.4 Å². The first kappa shape index (κ1) is 11.3. The lowest BCUT2D eigenvalue weighted by Crippen LogP contribution is -2.07. The summed E-state index contributed by atoms with van der Waals surface area (Å²) < 4.78 is 0.723. The van der Waals surface area contributed by atoms with Crippen molar-refractivity contribution in [2.24, 2.45) is 0 Å². The number of anilines is 2. The minimum atomic E-state index is 0.452. The fourth-order valence-electron chi connectivity index (χ4n) is 1.27. The van der Waals surface area contributed by atoms with Crippen LogP contribution in [0.2, 0.25) is 0 Å². The summed E-state index contributed by atoms with van der Waals surface area (Å²) in [6.07, 6.45) is 2.43. The Morgan fingerprint density at radius 2 is 2.31 bits per heavy atom. The molecule has 84 valence electrons. The van der Waals surface area contributed by atoms with Crippen molar-refractivity contribution in [3.63, 3.8) is 0 Å². The van der Waals surface area contributed by atoms with Crippen LogP contribution in [0, 0.1) is 0 Å². The summed E-state index contributed by atoms with van der Waals surface area (Å²) in [6, 6.07) is 4.17. The van der Waals surface area contributed by atoms with Crippen molar-refractivity contribution < 1.29 is 0 Å². The highest BCUT2D eigenvalue weighted by Gasteiger charge is 2.04. The number of aromatic nitrogens is 2. The smallest absolute Gasteiger partial charge is 0.145 e. The third-order valence-electron chi connectivity index (χ3n) is 2.06. The number of nitrogen functional groups attached to an aromatic ring is 1. The molecule has 0 fully saturated rings. The Morgan fingerprint density at radius 3 is 3.06 bits per heavy atom. The van der Waals surface area contributed by atoms with Gasteiger partial charge >= 0.3 is 0 Å². The summed E-state index contributed by atoms with van der Waals surface area (Å²) in [5.41, 5.74) is 5.65. The van der Waals surface area contributed by atoms with Gasteiger partial charge in [0.25, 0.3) is 0 Å². The van der Waals surface area contributed by atoms with Crippen LogP contribution in [0.1, 0.15) is 4.88 Å². The molecule has 0 aliphatic carbocycles. The lowest BCUT2D eigenvalue weighted by molar-refractivity contribution is 1.02. The molecule has 0 bridgehead atoms. The molecule has 3 N–H and O–H groups in total. The maximum atomic E-state index is 5.65. The summed E-state index contributed by atoms with van der Waals surface area (Å²) in [6.45, 7) is 0.829. The van der Waals surface area contributed by atoms with Gasteiger partial charge in [-0.25, -0.2) is 9.97 Å². The van der Waals surface area contributed by atoms with E-state index in [1.807, 2.05) is 0 Å². The second-order valence-electron chi connectivity index (χ2n) is 3.18. The molecule has 0 saturated heterocycles. The van der Waals surface area contributed by atoms with Gasteiger partial charge in [-0.3, -0.25) is 0 Å². The summed E-state index contributed by atoms with van der Waals surface area (Å²) in [7, 11) is 0. The minimum Gasteiger partial charge on any atom is -0.383 e. The number of halogens is 1. The van der Waals surface area contributed by atoms with Crippen molar-refractivity contribution in [3.05, 3.63) is 33.2 Å². The molecule has 0 saturated carbocycles. The summed E-state index contributed by atoms with van der Waals surface area (Å²) in [4.78, 5) is 9.34. The zero-order valence-electron chi connectivity index (χ0n) is 8.48. The van der Waals surface area contributed by atoms with Gasteiger partial charge in [0.15, 0.2) is 0 Å². The van der Waals surface area contributed by atoms with Gasteiger partial charge in [0.05, 0.1) is 0 Å². The van der Waals surface area contributed by atoms with E-state index in [9.17, 15) is 0 Å². The molecule has 2 aromatic heterocycles. The first-order chi connectivity index (χ1) is 7.77. The number of hydrogen-bond acceptors (Lipinski definition) is 5. The van der Waals surface area contributed by atoms with Crippen LogP contribution in [0.5, 0.6) is 0 Å². The highest BCUT2D eigenvalue weighted by atomic mass is 79.9. The van der Waals surface area contributed by atoms with Crippen molar-refractivity contribution >= 4 is 38.9 Å². The van der Waals surface area contributed by atoms with Gasteiger partial charge < -0.3 is 11.1 Å². The predicted molar refractivity (Wildman–Crippen MR) is 70.7 cm³/mol. The SMILES string of the molecule is Nc1ncnc(NCCc2cccs2)c1Br. The second kappa shape index (κ2) is 5.27. The van der Waals surface area contributed by atoms with Crippen LogP contribution in [0.25, 0.3) is 0 Å². The Bertz CT molecular complexity index is 458. The highest BCUT2D eigenvalue weighted by molar-refractivity contribution is 9.10.